The molecule has 0 aliphatic carbocycles. The van der Waals surface area contributed by atoms with Gasteiger partial charge in [-0.15, -0.1) is 35.3 Å². The second kappa shape index (κ2) is 9.36. The van der Waals surface area contributed by atoms with E-state index in [1.54, 1.807) is 18.4 Å². The normalized spacial score (nSPS) is 11.8. The highest BCUT2D eigenvalue weighted by atomic mass is 127. The molecule has 24 heavy (non-hydrogen) atoms. The highest BCUT2D eigenvalue weighted by Gasteiger charge is 2.17. The molecule has 2 rings (SSSR count). The molecule has 132 valence electrons. The maximum atomic E-state index is 4.69. The standard InChI is InChI=1S/C18H26N4S.HI/c1-13-7-6-8-14(9-13)10-20-17(19-5)21-11-15-12-23-16(22-15)18(2,3)4;/h6-9,12H,10-11H2,1-5H3,(H2,19,20,21);1H. The van der Waals surface area contributed by atoms with Crippen molar-refractivity contribution in [3.8, 4) is 0 Å². The van der Waals surface area contributed by atoms with Crippen molar-refractivity contribution in [3.05, 3.63) is 51.5 Å². The summed E-state index contributed by atoms with van der Waals surface area (Å²) >= 11 is 1.72. The molecule has 0 radical (unpaired) electrons. The van der Waals surface area contributed by atoms with Crippen LogP contribution in [0.3, 0.4) is 0 Å². The average Bonchev–Trinajstić information content (AvgIpc) is 2.96. The van der Waals surface area contributed by atoms with E-state index in [1.807, 2.05) is 0 Å². The van der Waals surface area contributed by atoms with Crippen LogP contribution in [0.5, 0.6) is 0 Å². The number of nitrogens with zero attached hydrogens (tertiary/aromatic N) is 2. The summed E-state index contributed by atoms with van der Waals surface area (Å²) in [5.41, 5.74) is 3.67. The van der Waals surface area contributed by atoms with Crippen molar-refractivity contribution in [2.45, 2.75) is 46.2 Å². The predicted octanol–water partition coefficient (Wildman–Crippen LogP) is 4.23. The van der Waals surface area contributed by atoms with Crippen LogP contribution in [0.4, 0.5) is 0 Å². The number of thiazole rings is 1. The van der Waals surface area contributed by atoms with Crippen molar-refractivity contribution < 1.29 is 0 Å². The van der Waals surface area contributed by atoms with Crippen LogP contribution in [0, 0.1) is 6.92 Å². The summed E-state index contributed by atoms with van der Waals surface area (Å²) < 4.78 is 0. The van der Waals surface area contributed by atoms with Crippen LogP contribution in [0.15, 0.2) is 34.6 Å². The van der Waals surface area contributed by atoms with E-state index in [0.717, 1.165) is 23.2 Å². The van der Waals surface area contributed by atoms with Crippen molar-refractivity contribution in [3.63, 3.8) is 0 Å². The van der Waals surface area contributed by atoms with Gasteiger partial charge in [-0.2, -0.15) is 0 Å². The quantitative estimate of drug-likeness (QED) is 0.410. The molecular formula is C18H27IN4S. The minimum absolute atomic E-state index is 0. The zero-order chi connectivity index (χ0) is 16.9. The second-order valence-electron chi connectivity index (χ2n) is 6.66. The van der Waals surface area contributed by atoms with Crippen LogP contribution < -0.4 is 10.6 Å². The fourth-order valence-electron chi connectivity index (χ4n) is 2.14. The molecule has 0 saturated carbocycles. The maximum absolute atomic E-state index is 4.69. The molecule has 0 unspecified atom stereocenters. The van der Waals surface area contributed by atoms with Crippen molar-refractivity contribution in [2.75, 3.05) is 7.05 Å². The molecule has 0 amide bonds. The number of rotatable bonds is 4. The van der Waals surface area contributed by atoms with Gasteiger partial charge in [-0.25, -0.2) is 4.98 Å². The molecule has 0 bridgehead atoms. The van der Waals surface area contributed by atoms with Gasteiger partial charge < -0.3 is 10.6 Å². The third-order valence-corrected chi connectivity index (χ3v) is 4.71. The lowest BCUT2D eigenvalue weighted by Gasteiger charge is -2.14. The molecule has 0 aliphatic heterocycles. The minimum Gasteiger partial charge on any atom is -0.352 e. The Kier molecular flexibility index (Phi) is 8.15. The van der Waals surface area contributed by atoms with Gasteiger partial charge in [-0.05, 0) is 12.5 Å². The van der Waals surface area contributed by atoms with Gasteiger partial charge in [0.15, 0.2) is 5.96 Å². The van der Waals surface area contributed by atoms with E-state index in [-0.39, 0.29) is 29.4 Å². The van der Waals surface area contributed by atoms with Gasteiger partial charge in [-0.1, -0.05) is 50.6 Å². The lowest BCUT2D eigenvalue weighted by atomic mass is 9.98. The van der Waals surface area contributed by atoms with Crippen LogP contribution in [-0.2, 0) is 18.5 Å². The number of aliphatic imine (C=N–C) groups is 1. The molecule has 2 N–H and O–H groups in total. The topological polar surface area (TPSA) is 49.3 Å². The largest absolute Gasteiger partial charge is 0.352 e. The van der Waals surface area contributed by atoms with Gasteiger partial charge in [0.2, 0.25) is 0 Å². The maximum Gasteiger partial charge on any atom is 0.191 e. The van der Waals surface area contributed by atoms with Crippen LogP contribution >= 0.6 is 35.3 Å². The molecule has 0 atom stereocenters. The molecule has 1 heterocycles. The lowest BCUT2D eigenvalue weighted by Crippen LogP contribution is -2.36. The third kappa shape index (κ3) is 6.39. The Bertz CT molecular complexity index is 674. The first kappa shape index (κ1) is 20.9. The van der Waals surface area contributed by atoms with Crippen LogP contribution in [0.1, 0.15) is 42.6 Å². The average molecular weight is 458 g/mol. The molecule has 2 aromatic rings. The number of guanidine groups is 1. The molecule has 0 aliphatic rings. The predicted molar refractivity (Wildman–Crippen MR) is 114 cm³/mol. The molecule has 0 saturated heterocycles. The van der Waals surface area contributed by atoms with E-state index >= 15 is 0 Å². The smallest absolute Gasteiger partial charge is 0.191 e. The zero-order valence-electron chi connectivity index (χ0n) is 15.0. The Morgan fingerprint density at radius 1 is 1.21 bits per heavy atom. The Morgan fingerprint density at radius 3 is 2.50 bits per heavy atom. The van der Waals surface area contributed by atoms with E-state index in [1.165, 1.54) is 11.1 Å². The highest BCUT2D eigenvalue weighted by Crippen LogP contribution is 2.25. The van der Waals surface area contributed by atoms with Crippen LogP contribution in [0.25, 0.3) is 0 Å². The van der Waals surface area contributed by atoms with Crippen molar-refractivity contribution in [1.82, 2.24) is 15.6 Å². The van der Waals surface area contributed by atoms with Crippen molar-refractivity contribution >= 4 is 41.3 Å². The first-order valence-electron chi connectivity index (χ1n) is 7.83. The van der Waals surface area contributed by atoms with Gasteiger partial charge >= 0.3 is 0 Å². The molecule has 6 heteroatoms. The molecule has 1 aromatic carbocycles. The number of halogens is 1. The highest BCUT2D eigenvalue weighted by molar-refractivity contribution is 14.0. The minimum atomic E-state index is 0. The Balaban J connectivity index is 0.00000288. The molecule has 0 spiro atoms. The summed E-state index contributed by atoms with van der Waals surface area (Å²) in [5.74, 6) is 0.789. The monoisotopic (exact) mass is 458 g/mol. The van der Waals surface area contributed by atoms with Gasteiger partial charge in [0.05, 0.1) is 17.2 Å². The summed E-state index contributed by atoms with van der Waals surface area (Å²) in [7, 11) is 1.78. The van der Waals surface area contributed by atoms with Gasteiger partial charge in [-0.3, -0.25) is 4.99 Å². The number of hydrogen-bond acceptors (Lipinski definition) is 3. The number of nitrogens with one attached hydrogen (secondary N) is 2. The zero-order valence-corrected chi connectivity index (χ0v) is 18.2. The van der Waals surface area contributed by atoms with Gasteiger partial charge in [0.25, 0.3) is 0 Å². The summed E-state index contributed by atoms with van der Waals surface area (Å²) in [6.07, 6.45) is 0. The third-order valence-electron chi connectivity index (χ3n) is 3.40. The van der Waals surface area contributed by atoms with Crippen LogP contribution in [0.2, 0.25) is 0 Å². The van der Waals surface area contributed by atoms with E-state index in [9.17, 15) is 0 Å². The van der Waals surface area contributed by atoms with Gasteiger partial charge in [0.1, 0.15) is 0 Å². The number of aromatic nitrogens is 1. The Hall–Kier alpha value is -1.15. The number of benzene rings is 1. The summed E-state index contributed by atoms with van der Waals surface area (Å²) in [5, 5.41) is 9.93. The molecule has 0 fully saturated rings. The second-order valence-corrected chi connectivity index (χ2v) is 7.52. The molecular weight excluding hydrogens is 431 g/mol. The SMILES string of the molecule is CN=C(NCc1cccc(C)c1)NCc1csc(C(C)(C)C)n1.I. The van der Waals surface area contributed by atoms with E-state index in [0.29, 0.717) is 6.54 Å². The number of aryl methyl sites for hydroxylation is 1. The molecule has 1 aromatic heterocycles. The Morgan fingerprint density at radius 2 is 1.92 bits per heavy atom. The fourth-order valence-corrected chi connectivity index (χ4v) is 3.04. The van der Waals surface area contributed by atoms with Crippen LogP contribution in [-0.4, -0.2) is 18.0 Å². The van der Waals surface area contributed by atoms with E-state index in [4.69, 9.17) is 4.98 Å². The lowest BCUT2D eigenvalue weighted by molar-refractivity contribution is 0.582. The fraction of sp³-hybridized carbons (Fsp3) is 0.444. The first-order chi connectivity index (χ1) is 10.9. The number of hydrogen-bond donors (Lipinski definition) is 2. The van der Waals surface area contributed by atoms with Crippen molar-refractivity contribution in [1.29, 1.82) is 0 Å². The summed E-state index contributed by atoms with van der Waals surface area (Å²) in [6.45, 7) is 10.1. The summed E-state index contributed by atoms with van der Waals surface area (Å²) in [4.78, 5) is 8.96. The van der Waals surface area contributed by atoms with E-state index < -0.39 is 0 Å². The van der Waals surface area contributed by atoms with Gasteiger partial charge in [0, 0.05) is 24.4 Å². The first-order valence-corrected chi connectivity index (χ1v) is 8.71. The summed E-state index contributed by atoms with van der Waals surface area (Å²) in [6, 6.07) is 8.47. The van der Waals surface area contributed by atoms with Crippen molar-refractivity contribution in [2.24, 2.45) is 4.99 Å². The Labute approximate surface area is 166 Å². The van der Waals surface area contributed by atoms with E-state index in [2.05, 4.69) is 73.0 Å². The molecule has 4 nitrogen and oxygen atoms in total.